The van der Waals surface area contributed by atoms with Crippen LogP contribution in [-0.2, 0) is 4.79 Å². The number of hydrogen-bond acceptors (Lipinski definition) is 3. The standard InChI is InChI=1S/C16H24N2O2/c1-4-18(14-11-13(19)8-7-12(14)2)15(20)16(3)9-5-6-10-17-16/h7-8,11,17,19H,4-6,9-10H2,1-3H3. The Morgan fingerprint density at radius 3 is 2.80 bits per heavy atom. The average Bonchev–Trinajstić information content (AvgIpc) is 2.44. The molecule has 2 rings (SSSR count). The fraction of sp³-hybridized carbons (Fsp3) is 0.562. The van der Waals surface area contributed by atoms with Crippen LogP contribution in [0.5, 0.6) is 5.75 Å². The molecule has 1 atom stereocenters. The van der Waals surface area contributed by atoms with Gasteiger partial charge in [-0.2, -0.15) is 0 Å². The second-order valence-corrected chi connectivity index (χ2v) is 5.74. The number of nitrogens with one attached hydrogen (secondary N) is 1. The van der Waals surface area contributed by atoms with Gasteiger partial charge in [-0.1, -0.05) is 6.07 Å². The van der Waals surface area contributed by atoms with Gasteiger partial charge in [0, 0.05) is 12.6 Å². The minimum atomic E-state index is -0.494. The minimum Gasteiger partial charge on any atom is -0.508 e. The van der Waals surface area contributed by atoms with E-state index < -0.39 is 5.54 Å². The van der Waals surface area contributed by atoms with E-state index in [-0.39, 0.29) is 11.7 Å². The van der Waals surface area contributed by atoms with Crippen molar-refractivity contribution in [3.8, 4) is 5.75 Å². The number of phenolic OH excluding ortho intramolecular Hbond substituents is 1. The summed E-state index contributed by atoms with van der Waals surface area (Å²) in [5.74, 6) is 0.284. The third-order valence-corrected chi connectivity index (χ3v) is 4.14. The zero-order valence-corrected chi connectivity index (χ0v) is 12.6. The summed E-state index contributed by atoms with van der Waals surface area (Å²) in [6.45, 7) is 7.39. The lowest BCUT2D eigenvalue weighted by atomic mass is 9.89. The fourth-order valence-corrected chi connectivity index (χ4v) is 2.85. The maximum absolute atomic E-state index is 12.9. The maximum atomic E-state index is 12.9. The van der Waals surface area contributed by atoms with E-state index in [1.165, 1.54) is 0 Å². The Bertz CT molecular complexity index is 493. The van der Waals surface area contributed by atoms with Crippen molar-refractivity contribution in [3.05, 3.63) is 23.8 Å². The van der Waals surface area contributed by atoms with E-state index in [9.17, 15) is 9.90 Å². The SMILES string of the molecule is CCN(C(=O)C1(C)CCCCN1)c1cc(O)ccc1C. The molecule has 2 N–H and O–H groups in total. The van der Waals surface area contributed by atoms with Crippen LogP contribution in [0.3, 0.4) is 0 Å². The lowest BCUT2D eigenvalue weighted by Gasteiger charge is -2.38. The number of benzene rings is 1. The Balaban J connectivity index is 2.31. The molecule has 0 aliphatic carbocycles. The van der Waals surface area contributed by atoms with Gasteiger partial charge in [0.1, 0.15) is 5.75 Å². The number of aryl methyl sites for hydroxylation is 1. The van der Waals surface area contributed by atoms with Crippen molar-refractivity contribution < 1.29 is 9.90 Å². The van der Waals surface area contributed by atoms with Gasteiger partial charge in [-0.15, -0.1) is 0 Å². The Hall–Kier alpha value is -1.55. The van der Waals surface area contributed by atoms with Crippen molar-refractivity contribution >= 4 is 11.6 Å². The monoisotopic (exact) mass is 276 g/mol. The number of aromatic hydroxyl groups is 1. The largest absolute Gasteiger partial charge is 0.508 e. The number of phenols is 1. The number of carbonyl (C=O) groups is 1. The van der Waals surface area contributed by atoms with Gasteiger partial charge >= 0.3 is 0 Å². The molecule has 1 heterocycles. The smallest absolute Gasteiger partial charge is 0.246 e. The third-order valence-electron chi connectivity index (χ3n) is 4.14. The maximum Gasteiger partial charge on any atom is 0.246 e. The van der Waals surface area contributed by atoms with Crippen molar-refractivity contribution in [1.82, 2.24) is 5.32 Å². The number of likely N-dealkylation sites (N-methyl/N-ethyl adjacent to an activating group) is 1. The first-order chi connectivity index (χ1) is 9.48. The minimum absolute atomic E-state index is 0.0911. The third kappa shape index (κ3) is 2.80. The zero-order chi connectivity index (χ0) is 14.8. The van der Waals surface area contributed by atoms with Crippen LogP contribution in [0.2, 0.25) is 0 Å². The van der Waals surface area contributed by atoms with Gasteiger partial charge in [0.15, 0.2) is 0 Å². The number of piperidine rings is 1. The Morgan fingerprint density at radius 2 is 2.20 bits per heavy atom. The van der Waals surface area contributed by atoms with E-state index in [1.54, 1.807) is 17.0 Å². The topological polar surface area (TPSA) is 52.6 Å². The molecule has 1 aliphatic rings. The van der Waals surface area contributed by atoms with Gasteiger partial charge in [-0.3, -0.25) is 4.79 Å². The van der Waals surface area contributed by atoms with Crippen LogP contribution in [0.25, 0.3) is 0 Å². The number of nitrogens with zero attached hydrogens (tertiary/aromatic N) is 1. The first-order valence-electron chi connectivity index (χ1n) is 7.34. The summed E-state index contributed by atoms with van der Waals surface area (Å²) in [4.78, 5) is 14.7. The summed E-state index contributed by atoms with van der Waals surface area (Å²) in [7, 11) is 0. The van der Waals surface area contributed by atoms with Crippen LogP contribution in [0.4, 0.5) is 5.69 Å². The van der Waals surface area contributed by atoms with Crippen molar-refractivity contribution in [2.45, 2.75) is 45.6 Å². The van der Waals surface area contributed by atoms with Crippen LogP contribution < -0.4 is 10.2 Å². The van der Waals surface area contributed by atoms with E-state index in [0.29, 0.717) is 6.54 Å². The molecule has 0 saturated carbocycles. The lowest BCUT2D eigenvalue weighted by molar-refractivity contribution is -0.125. The van der Waals surface area contributed by atoms with Crippen LogP contribution in [0.15, 0.2) is 18.2 Å². The normalized spacial score (nSPS) is 22.6. The second kappa shape index (κ2) is 5.83. The van der Waals surface area contributed by atoms with Crippen LogP contribution in [-0.4, -0.2) is 29.6 Å². The first kappa shape index (κ1) is 14.9. The number of rotatable bonds is 3. The molecule has 1 aromatic carbocycles. The summed E-state index contributed by atoms with van der Waals surface area (Å²) in [5, 5.41) is 13.0. The highest BCUT2D eigenvalue weighted by Gasteiger charge is 2.37. The molecule has 1 fully saturated rings. The second-order valence-electron chi connectivity index (χ2n) is 5.74. The average molecular weight is 276 g/mol. The molecule has 4 heteroatoms. The Labute approximate surface area is 120 Å². The van der Waals surface area contributed by atoms with Crippen molar-refractivity contribution in [2.24, 2.45) is 0 Å². The zero-order valence-electron chi connectivity index (χ0n) is 12.6. The predicted octanol–water partition coefficient (Wildman–Crippen LogP) is 2.59. The van der Waals surface area contributed by atoms with Gasteiger partial charge in [0.05, 0.1) is 11.2 Å². The van der Waals surface area contributed by atoms with Crippen molar-refractivity contribution in [1.29, 1.82) is 0 Å². The van der Waals surface area contributed by atoms with Crippen LogP contribution in [0, 0.1) is 6.92 Å². The van der Waals surface area contributed by atoms with Crippen LogP contribution in [0.1, 0.15) is 38.7 Å². The van der Waals surface area contributed by atoms with E-state index in [2.05, 4.69) is 5.32 Å². The van der Waals surface area contributed by atoms with E-state index >= 15 is 0 Å². The lowest BCUT2D eigenvalue weighted by Crippen LogP contribution is -2.58. The summed E-state index contributed by atoms with van der Waals surface area (Å²) >= 11 is 0. The fourth-order valence-electron chi connectivity index (χ4n) is 2.85. The van der Waals surface area contributed by atoms with Gasteiger partial charge in [-0.05, 0) is 58.2 Å². The highest BCUT2D eigenvalue weighted by atomic mass is 16.3. The van der Waals surface area contributed by atoms with Gasteiger partial charge < -0.3 is 15.3 Å². The first-order valence-corrected chi connectivity index (χ1v) is 7.34. The molecule has 0 radical (unpaired) electrons. The number of hydrogen-bond donors (Lipinski definition) is 2. The molecular weight excluding hydrogens is 252 g/mol. The molecule has 1 aromatic rings. The van der Waals surface area contributed by atoms with Crippen molar-refractivity contribution in [2.75, 3.05) is 18.0 Å². The molecule has 110 valence electrons. The highest BCUT2D eigenvalue weighted by molar-refractivity contribution is 6.00. The number of amides is 1. The summed E-state index contributed by atoms with van der Waals surface area (Å²) in [5.41, 5.74) is 1.30. The molecule has 20 heavy (non-hydrogen) atoms. The molecule has 1 amide bonds. The summed E-state index contributed by atoms with van der Waals surface area (Å²) in [6.07, 6.45) is 3.06. The number of anilines is 1. The van der Waals surface area contributed by atoms with E-state index in [4.69, 9.17) is 0 Å². The van der Waals surface area contributed by atoms with Gasteiger partial charge in [-0.25, -0.2) is 0 Å². The summed E-state index contributed by atoms with van der Waals surface area (Å²) < 4.78 is 0. The van der Waals surface area contributed by atoms with Crippen LogP contribution >= 0.6 is 0 Å². The van der Waals surface area contributed by atoms with Gasteiger partial charge in [0.25, 0.3) is 0 Å². The molecule has 0 spiro atoms. The molecule has 4 nitrogen and oxygen atoms in total. The van der Waals surface area contributed by atoms with Gasteiger partial charge in [0.2, 0.25) is 5.91 Å². The molecule has 0 bridgehead atoms. The highest BCUT2D eigenvalue weighted by Crippen LogP contribution is 2.29. The molecule has 0 aromatic heterocycles. The quantitative estimate of drug-likeness (QED) is 0.892. The Morgan fingerprint density at radius 1 is 1.45 bits per heavy atom. The molecule has 1 unspecified atom stereocenters. The molecule has 1 aliphatic heterocycles. The number of carbonyl (C=O) groups excluding carboxylic acids is 1. The van der Waals surface area contributed by atoms with E-state index in [0.717, 1.165) is 37.1 Å². The molecular formula is C16H24N2O2. The van der Waals surface area contributed by atoms with E-state index in [1.807, 2.05) is 26.8 Å². The summed E-state index contributed by atoms with van der Waals surface area (Å²) in [6, 6.07) is 5.16. The molecule has 1 saturated heterocycles. The predicted molar refractivity (Wildman–Crippen MR) is 81.1 cm³/mol. The van der Waals surface area contributed by atoms with Crippen molar-refractivity contribution in [3.63, 3.8) is 0 Å². The Kier molecular flexibility index (Phi) is 4.33.